The van der Waals surface area contributed by atoms with E-state index in [9.17, 15) is 0 Å². The van der Waals surface area contributed by atoms with Gasteiger partial charge in [-0.1, -0.05) is 25.8 Å². The van der Waals surface area contributed by atoms with Crippen LogP contribution < -0.4 is 11.1 Å². The van der Waals surface area contributed by atoms with Gasteiger partial charge in [-0.3, -0.25) is 0 Å². The van der Waals surface area contributed by atoms with Crippen LogP contribution in [0.2, 0.25) is 0 Å². The van der Waals surface area contributed by atoms with Crippen LogP contribution in [0.5, 0.6) is 0 Å². The van der Waals surface area contributed by atoms with Crippen LogP contribution in [-0.2, 0) is 0 Å². The average molecular weight is 156 g/mol. The summed E-state index contributed by atoms with van der Waals surface area (Å²) in [7, 11) is 0. The minimum Gasteiger partial charge on any atom is -0.390 e. The van der Waals surface area contributed by atoms with Crippen LogP contribution >= 0.6 is 0 Å². The molecule has 0 radical (unpaired) electrons. The highest BCUT2D eigenvalue weighted by atomic mass is 14.8. The number of allylic oxidation sites excluding steroid dienone is 1. The molecule has 0 bridgehead atoms. The molecule has 0 aliphatic heterocycles. The fourth-order valence-corrected chi connectivity index (χ4v) is 0.846. The van der Waals surface area contributed by atoms with E-state index in [4.69, 9.17) is 5.73 Å². The van der Waals surface area contributed by atoms with Gasteiger partial charge in [0.2, 0.25) is 0 Å². The number of unbranched alkanes of at least 4 members (excludes halogenated alkanes) is 3. The molecule has 0 aromatic carbocycles. The molecule has 0 aliphatic rings. The molecule has 0 aromatic rings. The summed E-state index contributed by atoms with van der Waals surface area (Å²) in [6.07, 6.45) is 9.29. The van der Waals surface area contributed by atoms with Crippen molar-refractivity contribution < 1.29 is 0 Å². The Kier molecular flexibility index (Phi) is 9.07. The molecule has 0 spiro atoms. The SMILES string of the molecule is CCCCCC=CNCCN. The van der Waals surface area contributed by atoms with Crippen molar-refractivity contribution in [2.75, 3.05) is 13.1 Å². The van der Waals surface area contributed by atoms with E-state index in [2.05, 4.69) is 18.3 Å². The van der Waals surface area contributed by atoms with E-state index in [-0.39, 0.29) is 0 Å². The van der Waals surface area contributed by atoms with E-state index in [1.807, 2.05) is 6.20 Å². The van der Waals surface area contributed by atoms with Crippen molar-refractivity contribution in [3.8, 4) is 0 Å². The first-order valence-electron chi connectivity index (χ1n) is 4.50. The number of rotatable bonds is 7. The van der Waals surface area contributed by atoms with Crippen molar-refractivity contribution in [3.05, 3.63) is 12.3 Å². The van der Waals surface area contributed by atoms with Gasteiger partial charge in [-0.25, -0.2) is 0 Å². The highest BCUT2D eigenvalue weighted by molar-refractivity contribution is 4.78. The molecule has 0 unspecified atom stereocenters. The molecule has 0 heterocycles. The summed E-state index contributed by atoms with van der Waals surface area (Å²) in [5.41, 5.74) is 5.29. The van der Waals surface area contributed by atoms with Crippen molar-refractivity contribution in [2.24, 2.45) is 5.73 Å². The lowest BCUT2D eigenvalue weighted by molar-refractivity contribution is 0.725. The maximum absolute atomic E-state index is 5.29. The van der Waals surface area contributed by atoms with Crippen molar-refractivity contribution in [1.82, 2.24) is 5.32 Å². The van der Waals surface area contributed by atoms with Crippen molar-refractivity contribution in [2.45, 2.75) is 32.6 Å². The van der Waals surface area contributed by atoms with Crippen molar-refractivity contribution in [1.29, 1.82) is 0 Å². The van der Waals surface area contributed by atoms with Crippen LogP contribution in [0.25, 0.3) is 0 Å². The Morgan fingerprint density at radius 3 is 2.82 bits per heavy atom. The lowest BCUT2D eigenvalue weighted by Crippen LogP contribution is -2.16. The van der Waals surface area contributed by atoms with Gasteiger partial charge < -0.3 is 11.1 Å². The summed E-state index contributed by atoms with van der Waals surface area (Å²) in [5.74, 6) is 0. The van der Waals surface area contributed by atoms with Gasteiger partial charge in [-0.2, -0.15) is 0 Å². The Labute approximate surface area is 69.9 Å². The van der Waals surface area contributed by atoms with Gasteiger partial charge in [0.25, 0.3) is 0 Å². The maximum atomic E-state index is 5.29. The molecule has 2 nitrogen and oxygen atoms in total. The summed E-state index contributed by atoms with van der Waals surface area (Å²) in [4.78, 5) is 0. The molecule has 0 fully saturated rings. The quantitative estimate of drug-likeness (QED) is 0.550. The summed E-state index contributed by atoms with van der Waals surface area (Å²) >= 11 is 0. The van der Waals surface area contributed by atoms with Gasteiger partial charge >= 0.3 is 0 Å². The normalized spacial score (nSPS) is 10.7. The van der Waals surface area contributed by atoms with Crippen molar-refractivity contribution in [3.63, 3.8) is 0 Å². The van der Waals surface area contributed by atoms with E-state index in [0.717, 1.165) is 6.54 Å². The molecule has 11 heavy (non-hydrogen) atoms. The predicted molar refractivity (Wildman–Crippen MR) is 50.3 cm³/mol. The Balaban J connectivity index is 2.91. The lowest BCUT2D eigenvalue weighted by atomic mass is 10.2. The standard InChI is InChI=1S/C9H20N2/c1-2-3-4-5-6-8-11-9-7-10/h6,8,11H,2-5,7,9-10H2,1H3. The first kappa shape index (κ1) is 10.5. The molecule has 3 N–H and O–H groups in total. The van der Waals surface area contributed by atoms with E-state index in [1.165, 1.54) is 25.7 Å². The molecular weight excluding hydrogens is 136 g/mol. The zero-order chi connectivity index (χ0) is 8.36. The Hall–Kier alpha value is -0.500. The Morgan fingerprint density at radius 1 is 1.36 bits per heavy atom. The van der Waals surface area contributed by atoms with Gasteiger partial charge in [0.1, 0.15) is 0 Å². The van der Waals surface area contributed by atoms with Gasteiger partial charge in [0.05, 0.1) is 0 Å². The van der Waals surface area contributed by atoms with Gasteiger partial charge in [-0.05, 0) is 19.0 Å². The second kappa shape index (κ2) is 9.50. The molecule has 66 valence electrons. The first-order chi connectivity index (χ1) is 5.41. The largest absolute Gasteiger partial charge is 0.390 e. The van der Waals surface area contributed by atoms with E-state index in [1.54, 1.807) is 0 Å². The zero-order valence-corrected chi connectivity index (χ0v) is 7.47. The molecular formula is C9H20N2. The van der Waals surface area contributed by atoms with Gasteiger partial charge in [0, 0.05) is 13.1 Å². The smallest absolute Gasteiger partial charge is 0.0264 e. The van der Waals surface area contributed by atoms with E-state index < -0.39 is 0 Å². The highest BCUT2D eigenvalue weighted by Gasteiger charge is 1.80. The number of nitrogens with two attached hydrogens (primary N) is 1. The minimum atomic E-state index is 0.708. The molecule has 0 saturated carbocycles. The van der Waals surface area contributed by atoms with E-state index in [0.29, 0.717) is 6.54 Å². The fourth-order valence-electron chi connectivity index (χ4n) is 0.846. The lowest BCUT2D eigenvalue weighted by Gasteiger charge is -1.95. The molecule has 0 aliphatic carbocycles. The summed E-state index contributed by atoms with van der Waals surface area (Å²) < 4.78 is 0. The predicted octanol–water partition coefficient (Wildman–Crippen LogP) is 1.63. The first-order valence-corrected chi connectivity index (χ1v) is 4.50. The van der Waals surface area contributed by atoms with E-state index >= 15 is 0 Å². The molecule has 0 atom stereocenters. The molecule has 0 amide bonds. The van der Waals surface area contributed by atoms with Crippen LogP contribution in [0, 0.1) is 0 Å². The maximum Gasteiger partial charge on any atom is 0.0264 e. The van der Waals surface area contributed by atoms with Crippen LogP contribution in [-0.4, -0.2) is 13.1 Å². The Morgan fingerprint density at radius 2 is 2.18 bits per heavy atom. The third kappa shape index (κ3) is 9.50. The minimum absolute atomic E-state index is 0.708. The van der Waals surface area contributed by atoms with Crippen LogP contribution in [0.3, 0.4) is 0 Å². The second-order valence-corrected chi connectivity index (χ2v) is 2.64. The van der Waals surface area contributed by atoms with Gasteiger partial charge in [-0.15, -0.1) is 0 Å². The fraction of sp³-hybridized carbons (Fsp3) is 0.778. The monoisotopic (exact) mass is 156 g/mol. The number of hydrogen-bond acceptors (Lipinski definition) is 2. The molecule has 0 aromatic heterocycles. The third-order valence-corrected chi connectivity index (χ3v) is 1.50. The molecule has 0 rings (SSSR count). The highest BCUT2D eigenvalue weighted by Crippen LogP contribution is 1.98. The molecule has 2 heteroatoms. The van der Waals surface area contributed by atoms with Crippen LogP contribution in [0.4, 0.5) is 0 Å². The topological polar surface area (TPSA) is 38.0 Å². The average Bonchev–Trinajstić information content (AvgIpc) is 2.03. The number of hydrogen-bond donors (Lipinski definition) is 2. The zero-order valence-electron chi connectivity index (χ0n) is 7.47. The van der Waals surface area contributed by atoms with Crippen LogP contribution in [0.15, 0.2) is 12.3 Å². The van der Waals surface area contributed by atoms with Gasteiger partial charge in [0.15, 0.2) is 0 Å². The van der Waals surface area contributed by atoms with Crippen molar-refractivity contribution >= 4 is 0 Å². The molecule has 0 saturated heterocycles. The summed E-state index contributed by atoms with van der Waals surface area (Å²) in [6, 6.07) is 0. The Bertz CT molecular complexity index is 89.6. The third-order valence-electron chi connectivity index (χ3n) is 1.50. The second-order valence-electron chi connectivity index (χ2n) is 2.64. The number of nitrogens with one attached hydrogen (secondary N) is 1. The van der Waals surface area contributed by atoms with Crippen LogP contribution in [0.1, 0.15) is 32.6 Å². The summed E-state index contributed by atoms with van der Waals surface area (Å²) in [6.45, 7) is 3.81. The summed E-state index contributed by atoms with van der Waals surface area (Å²) in [5, 5.41) is 3.11.